The van der Waals surface area contributed by atoms with Crippen LogP contribution in [-0.4, -0.2) is 54.8 Å². The molecule has 0 saturated carbocycles. The van der Waals surface area contributed by atoms with Gasteiger partial charge in [0.2, 0.25) is 11.8 Å². The van der Waals surface area contributed by atoms with Gasteiger partial charge in [0.15, 0.2) is 0 Å². The minimum atomic E-state index is -0.0853. The first-order valence-corrected chi connectivity index (χ1v) is 5.24. The van der Waals surface area contributed by atoms with Crippen molar-refractivity contribution in [1.29, 1.82) is 0 Å². The number of carbonyl (C=O) groups excluding carboxylic acids is 2. The third-order valence-corrected chi connectivity index (χ3v) is 2.88. The molecular formula is C10H19N3O2. The van der Waals surface area contributed by atoms with E-state index >= 15 is 0 Å². The van der Waals surface area contributed by atoms with Crippen molar-refractivity contribution >= 4 is 11.8 Å². The number of hydrogen-bond acceptors (Lipinski definition) is 3. The van der Waals surface area contributed by atoms with Gasteiger partial charge in [0.1, 0.15) is 0 Å². The zero-order chi connectivity index (χ0) is 11.4. The van der Waals surface area contributed by atoms with E-state index in [0.29, 0.717) is 12.5 Å². The third kappa shape index (κ3) is 3.20. The minimum Gasteiger partial charge on any atom is -0.341 e. The molecule has 2 amide bonds. The predicted octanol–water partition coefficient (Wildman–Crippen LogP) is -0.728. The van der Waals surface area contributed by atoms with Gasteiger partial charge in [-0.1, -0.05) is 0 Å². The lowest BCUT2D eigenvalue weighted by Crippen LogP contribution is -2.39. The Hall–Kier alpha value is -1.10. The highest BCUT2D eigenvalue weighted by Crippen LogP contribution is 2.14. The number of carbonyl (C=O) groups is 2. The van der Waals surface area contributed by atoms with Gasteiger partial charge in [-0.15, -0.1) is 0 Å². The van der Waals surface area contributed by atoms with E-state index in [0.717, 1.165) is 19.5 Å². The maximum absolute atomic E-state index is 11.7. The molecular weight excluding hydrogens is 194 g/mol. The summed E-state index contributed by atoms with van der Waals surface area (Å²) >= 11 is 0. The average molecular weight is 213 g/mol. The molecule has 0 aromatic carbocycles. The maximum Gasteiger partial charge on any atom is 0.242 e. The van der Waals surface area contributed by atoms with Crippen LogP contribution in [-0.2, 0) is 9.59 Å². The first kappa shape index (κ1) is 12.0. The van der Waals surface area contributed by atoms with Crippen LogP contribution in [0, 0.1) is 5.92 Å². The molecule has 2 N–H and O–H groups in total. The summed E-state index contributed by atoms with van der Waals surface area (Å²) < 4.78 is 0. The van der Waals surface area contributed by atoms with Crippen LogP contribution in [0.3, 0.4) is 0 Å². The summed E-state index contributed by atoms with van der Waals surface area (Å²) in [5, 5.41) is 0. The minimum absolute atomic E-state index is 0.0173. The molecule has 1 rings (SSSR count). The van der Waals surface area contributed by atoms with Crippen molar-refractivity contribution in [1.82, 2.24) is 9.80 Å². The number of nitrogens with zero attached hydrogens (tertiary/aromatic N) is 2. The molecule has 0 aromatic rings. The first-order valence-electron chi connectivity index (χ1n) is 5.24. The van der Waals surface area contributed by atoms with Gasteiger partial charge in [-0.2, -0.15) is 0 Å². The van der Waals surface area contributed by atoms with Gasteiger partial charge in [-0.3, -0.25) is 9.59 Å². The van der Waals surface area contributed by atoms with Crippen molar-refractivity contribution in [3.05, 3.63) is 0 Å². The summed E-state index contributed by atoms with van der Waals surface area (Å²) in [4.78, 5) is 25.9. The van der Waals surface area contributed by atoms with Crippen molar-refractivity contribution < 1.29 is 9.59 Å². The van der Waals surface area contributed by atoms with E-state index in [1.54, 1.807) is 11.9 Å². The van der Waals surface area contributed by atoms with Gasteiger partial charge in [0.25, 0.3) is 0 Å². The van der Waals surface area contributed by atoms with E-state index in [2.05, 4.69) is 0 Å². The number of rotatable bonds is 3. The van der Waals surface area contributed by atoms with Crippen LogP contribution < -0.4 is 5.73 Å². The Balaban J connectivity index is 2.38. The molecule has 0 bridgehead atoms. The molecule has 0 aromatic heterocycles. The molecule has 15 heavy (non-hydrogen) atoms. The zero-order valence-corrected chi connectivity index (χ0v) is 9.40. The molecule has 0 aliphatic carbocycles. The van der Waals surface area contributed by atoms with Gasteiger partial charge in [0, 0.05) is 27.1 Å². The molecule has 5 nitrogen and oxygen atoms in total. The number of hydrogen-bond donors (Lipinski definition) is 1. The second-order valence-electron chi connectivity index (χ2n) is 4.11. The van der Waals surface area contributed by atoms with E-state index in [-0.39, 0.29) is 18.4 Å². The fourth-order valence-corrected chi connectivity index (χ4v) is 1.67. The summed E-state index contributed by atoms with van der Waals surface area (Å²) in [7, 11) is 1.64. The summed E-state index contributed by atoms with van der Waals surface area (Å²) in [6.45, 7) is 3.77. The molecule has 1 aliphatic heterocycles. The second-order valence-corrected chi connectivity index (χ2v) is 4.11. The molecule has 0 spiro atoms. The number of nitrogens with two attached hydrogens (primary N) is 1. The van der Waals surface area contributed by atoms with E-state index in [4.69, 9.17) is 5.73 Å². The maximum atomic E-state index is 11.7. The fourth-order valence-electron chi connectivity index (χ4n) is 1.67. The molecule has 1 unspecified atom stereocenters. The molecule has 0 radical (unpaired) electrons. The average Bonchev–Trinajstić information content (AvgIpc) is 2.65. The second kappa shape index (κ2) is 5.11. The summed E-state index contributed by atoms with van der Waals surface area (Å²) in [5.41, 5.74) is 5.54. The topological polar surface area (TPSA) is 66.6 Å². The van der Waals surface area contributed by atoms with Gasteiger partial charge in [-0.25, -0.2) is 0 Å². The Morgan fingerprint density at radius 2 is 2.20 bits per heavy atom. The Morgan fingerprint density at radius 1 is 1.53 bits per heavy atom. The Labute approximate surface area is 90.2 Å². The van der Waals surface area contributed by atoms with Crippen LogP contribution >= 0.6 is 0 Å². The summed E-state index contributed by atoms with van der Waals surface area (Å²) in [6, 6.07) is 0. The van der Waals surface area contributed by atoms with E-state index in [1.807, 2.05) is 0 Å². The monoisotopic (exact) mass is 213 g/mol. The van der Waals surface area contributed by atoms with Crippen molar-refractivity contribution in [2.75, 3.05) is 33.2 Å². The molecule has 1 aliphatic rings. The summed E-state index contributed by atoms with van der Waals surface area (Å²) in [5.74, 6) is 0.359. The largest absolute Gasteiger partial charge is 0.341 e. The highest BCUT2D eigenvalue weighted by molar-refractivity contribution is 5.83. The summed E-state index contributed by atoms with van der Waals surface area (Å²) in [6.07, 6.45) is 0.978. The standard InChI is InChI=1S/C10H19N3O2/c1-8(14)12(2)7-10(15)13-4-3-9(5-11)6-13/h9H,3-7,11H2,1-2H3. The zero-order valence-electron chi connectivity index (χ0n) is 9.40. The highest BCUT2D eigenvalue weighted by atomic mass is 16.2. The fraction of sp³-hybridized carbons (Fsp3) is 0.800. The predicted molar refractivity (Wildman–Crippen MR) is 57.1 cm³/mol. The Morgan fingerprint density at radius 3 is 2.67 bits per heavy atom. The first-order chi connectivity index (χ1) is 7.04. The Bertz CT molecular complexity index is 255. The van der Waals surface area contributed by atoms with E-state index in [1.165, 1.54) is 11.8 Å². The van der Waals surface area contributed by atoms with Crippen molar-refractivity contribution in [2.24, 2.45) is 11.7 Å². The normalized spacial score (nSPS) is 20.5. The molecule has 86 valence electrons. The van der Waals surface area contributed by atoms with Crippen LogP contribution in [0.1, 0.15) is 13.3 Å². The highest BCUT2D eigenvalue weighted by Gasteiger charge is 2.25. The van der Waals surface area contributed by atoms with Crippen molar-refractivity contribution in [2.45, 2.75) is 13.3 Å². The van der Waals surface area contributed by atoms with Gasteiger partial charge < -0.3 is 15.5 Å². The van der Waals surface area contributed by atoms with E-state index < -0.39 is 0 Å². The van der Waals surface area contributed by atoms with Crippen LogP contribution in [0.5, 0.6) is 0 Å². The van der Waals surface area contributed by atoms with Crippen LogP contribution in [0.2, 0.25) is 0 Å². The lowest BCUT2D eigenvalue weighted by atomic mass is 10.1. The van der Waals surface area contributed by atoms with Crippen molar-refractivity contribution in [3.8, 4) is 0 Å². The van der Waals surface area contributed by atoms with Gasteiger partial charge in [-0.05, 0) is 18.9 Å². The molecule has 1 heterocycles. The van der Waals surface area contributed by atoms with Crippen LogP contribution in [0.15, 0.2) is 0 Å². The Kier molecular flexibility index (Phi) is 4.08. The van der Waals surface area contributed by atoms with Crippen LogP contribution in [0.4, 0.5) is 0 Å². The number of amides is 2. The number of likely N-dealkylation sites (tertiary alicyclic amines) is 1. The molecule has 1 atom stereocenters. The van der Waals surface area contributed by atoms with Crippen LogP contribution in [0.25, 0.3) is 0 Å². The smallest absolute Gasteiger partial charge is 0.242 e. The molecule has 5 heteroatoms. The van der Waals surface area contributed by atoms with Gasteiger partial charge >= 0.3 is 0 Å². The molecule has 1 saturated heterocycles. The lowest BCUT2D eigenvalue weighted by Gasteiger charge is -2.20. The lowest BCUT2D eigenvalue weighted by molar-refractivity contribution is -0.137. The quantitative estimate of drug-likeness (QED) is 0.672. The van der Waals surface area contributed by atoms with Crippen molar-refractivity contribution in [3.63, 3.8) is 0 Å². The number of likely N-dealkylation sites (N-methyl/N-ethyl adjacent to an activating group) is 1. The van der Waals surface area contributed by atoms with Gasteiger partial charge in [0.05, 0.1) is 6.54 Å². The third-order valence-electron chi connectivity index (χ3n) is 2.88. The van der Waals surface area contributed by atoms with E-state index in [9.17, 15) is 9.59 Å². The molecule has 1 fully saturated rings. The SMILES string of the molecule is CC(=O)N(C)CC(=O)N1CCC(CN)C1.